The molecule has 1 unspecified atom stereocenters. The lowest BCUT2D eigenvalue weighted by Gasteiger charge is -2.09. The highest BCUT2D eigenvalue weighted by Crippen LogP contribution is 2.14. The van der Waals surface area contributed by atoms with Crippen molar-refractivity contribution in [1.29, 1.82) is 0 Å². The fourth-order valence-corrected chi connectivity index (χ4v) is 1.14. The van der Waals surface area contributed by atoms with Crippen molar-refractivity contribution in [3.63, 3.8) is 0 Å². The first kappa shape index (κ1) is 9.19. The standard InChI is InChI=1S/C8H16N4/c1-3-7(2)8-11-10-6-12(8)5-4-9/h6-7H,3-5,9H2,1-2H3. The zero-order valence-corrected chi connectivity index (χ0v) is 7.70. The predicted molar refractivity (Wildman–Crippen MR) is 47.8 cm³/mol. The van der Waals surface area contributed by atoms with Gasteiger partial charge < -0.3 is 10.3 Å². The molecule has 0 spiro atoms. The summed E-state index contributed by atoms with van der Waals surface area (Å²) in [5.74, 6) is 1.52. The van der Waals surface area contributed by atoms with Crippen LogP contribution in [0.1, 0.15) is 32.0 Å². The Morgan fingerprint density at radius 2 is 2.42 bits per heavy atom. The van der Waals surface area contributed by atoms with Gasteiger partial charge in [0.15, 0.2) is 0 Å². The number of aromatic nitrogens is 3. The van der Waals surface area contributed by atoms with Crippen molar-refractivity contribution in [2.45, 2.75) is 32.7 Å². The van der Waals surface area contributed by atoms with E-state index in [2.05, 4.69) is 24.0 Å². The topological polar surface area (TPSA) is 56.7 Å². The van der Waals surface area contributed by atoms with Gasteiger partial charge in [0.2, 0.25) is 0 Å². The predicted octanol–water partition coefficient (Wildman–Crippen LogP) is 0.750. The molecule has 0 amide bonds. The van der Waals surface area contributed by atoms with E-state index in [1.807, 2.05) is 4.57 Å². The molecule has 0 radical (unpaired) electrons. The molecule has 4 heteroatoms. The average molecular weight is 168 g/mol. The van der Waals surface area contributed by atoms with Gasteiger partial charge in [-0.15, -0.1) is 10.2 Å². The summed E-state index contributed by atoms with van der Waals surface area (Å²) in [4.78, 5) is 0. The van der Waals surface area contributed by atoms with Crippen molar-refractivity contribution in [3.05, 3.63) is 12.2 Å². The van der Waals surface area contributed by atoms with Crippen molar-refractivity contribution in [2.75, 3.05) is 6.54 Å². The third-order valence-corrected chi connectivity index (χ3v) is 2.07. The highest BCUT2D eigenvalue weighted by Gasteiger charge is 2.09. The molecule has 0 saturated carbocycles. The molecule has 0 aromatic carbocycles. The normalized spacial score (nSPS) is 13.2. The number of rotatable bonds is 4. The van der Waals surface area contributed by atoms with E-state index in [1.165, 1.54) is 0 Å². The molecule has 0 saturated heterocycles. The third-order valence-electron chi connectivity index (χ3n) is 2.07. The van der Waals surface area contributed by atoms with E-state index in [0.717, 1.165) is 18.8 Å². The van der Waals surface area contributed by atoms with Crippen LogP contribution in [0.25, 0.3) is 0 Å². The molecule has 1 atom stereocenters. The zero-order valence-electron chi connectivity index (χ0n) is 7.70. The number of hydrogen-bond donors (Lipinski definition) is 1. The SMILES string of the molecule is CCC(C)c1nncn1CCN. The van der Waals surface area contributed by atoms with Crippen LogP contribution in [0.2, 0.25) is 0 Å². The van der Waals surface area contributed by atoms with Gasteiger partial charge in [-0.25, -0.2) is 0 Å². The molecule has 0 aliphatic heterocycles. The summed E-state index contributed by atoms with van der Waals surface area (Å²) in [6, 6.07) is 0. The van der Waals surface area contributed by atoms with Crippen LogP contribution in [0.3, 0.4) is 0 Å². The summed E-state index contributed by atoms with van der Waals surface area (Å²) in [5.41, 5.74) is 5.45. The Morgan fingerprint density at radius 1 is 1.67 bits per heavy atom. The fraction of sp³-hybridized carbons (Fsp3) is 0.750. The minimum Gasteiger partial charge on any atom is -0.329 e. The Balaban J connectivity index is 2.76. The van der Waals surface area contributed by atoms with Gasteiger partial charge in [-0.05, 0) is 6.42 Å². The molecule has 4 nitrogen and oxygen atoms in total. The smallest absolute Gasteiger partial charge is 0.135 e. The molecule has 1 rings (SSSR count). The van der Waals surface area contributed by atoms with E-state index in [4.69, 9.17) is 5.73 Å². The molecule has 68 valence electrons. The van der Waals surface area contributed by atoms with Crippen LogP contribution >= 0.6 is 0 Å². The highest BCUT2D eigenvalue weighted by atomic mass is 15.3. The second kappa shape index (κ2) is 4.21. The molecule has 0 fully saturated rings. The first-order chi connectivity index (χ1) is 5.79. The Hall–Kier alpha value is -0.900. The molecule has 12 heavy (non-hydrogen) atoms. The maximum atomic E-state index is 5.45. The Morgan fingerprint density at radius 3 is 3.00 bits per heavy atom. The lowest BCUT2D eigenvalue weighted by molar-refractivity contribution is 0.592. The highest BCUT2D eigenvalue weighted by molar-refractivity contribution is 4.93. The van der Waals surface area contributed by atoms with Gasteiger partial charge >= 0.3 is 0 Å². The van der Waals surface area contributed by atoms with E-state index >= 15 is 0 Å². The lowest BCUT2D eigenvalue weighted by Crippen LogP contribution is -2.13. The van der Waals surface area contributed by atoms with E-state index in [9.17, 15) is 0 Å². The van der Waals surface area contributed by atoms with Crippen LogP contribution in [0, 0.1) is 0 Å². The second-order valence-corrected chi connectivity index (χ2v) is 2.98. The summed E-state index contributed by atoms with van der Waals surface area (Å²) < 4.78 is 2.02. The summed E-state index contributed by atoms with van der Waals surface area (Å²) in [6.07, 6.45) is 2.83. The van der Waals surface area contributed by atoms with Crippen LogP contribution in [0.5, 0.6) is 0 Å². The first-order valence-corrected chi connectivity index (χ1v) is 4.37. The van der Waals surface area contributed by atoms with Crippen molar-refractivity contribution in [1.82, 2.24) is 14.8 Å². The molecule has 1 aromatic rings. The van der Waals surface area contributed by atoms with Gasteiger partial charge in [-0.3, -0.25) is 0 Å². The number of nitrogens with zero attached hydrogens (tertiary/aromatic N) is 3. The van der Waals surface area contributed by atoms with Crippen molar-refractivity contribution in [3.8, 4) is 0 Å². The maximum absolute atomic E-state index is 5.45. The molecule has 0 aliphatic carbocycles. The number of hydrogen-bond acceptors (Lipinski definition) is 3. The van der Waals surface area contributed by atoms with Crippen LogP contribution in [-0.4, -0.2) is 21.3 Å². The van der Waals surface area contributed by atoms with E-state index in [1.54, 1.807) is 6.33 Å². The molecule has 1 heterocycles. The van der Waals surface area contributed by atoms with E-state index < -0.39 is 0 Å². The minimum atomic E-state index is 0.471. The molecule has 0 aliphatic rings. The Labute approximate surface area is 72.8 Å². The van der Waals surface area contributed by atoms with Gasteiger partial charge in [0.1, 0.15) is 12.2 Å². The lowest BCUT2D eigenvalue weighted by atomic mass is 10.1. The molecular formula is C8H16N4. The van der Waals surface area contributed by atoms with Crippen LogP contribution < -0.4 is 5.73 Å². The van der Waals surface area contributed by atoms with Crippen molar-refractivity contribution < 1.29 is 0 Å². The minimum absolute atomic E-state index is 0.471. The fourth-order valence-electron chi connectivity index (χ4n) is 1.14. The third kappa shape index (κ3) is 1.82. The van der Waals surface area contributed by atoms with Gasteiger partial charge in [-0.1, -0.05) is 13.8 Å². The van der Waals surface area contributed by atoms with Gasteiger partial charge in [0, 0.05) is 19.0 Å². The number of nitrogens with two attached hydrogens (primary N) is 1. The quantitative estimate of drug-likeness (QED) is 0.721. The molecule has 1 aromatic heterocycles. The first-order valence-electron chi connectivity index (χ1n) is 4.37. The van der Waals surface area contributed by atoms with Crippen molar-refractivity contribution in [2.24, 2.45) is 5.73 Å². The van der Waals surface area contributed by atoms with Gasteiger partial charge in [0.25, 0.3) is 0 Å². The van der Waals surface area contributed by atoms with E-state index in [0.29, 0.717) is 12.5 Å². The summed E-state index contributed by atoms with van der Waals surface area (Å²) >= 11 is 0. The van der Waals surface area contributed by atoms with Gasteiger partial charge in [-0.2, -0.15) is 0 Å². The summed E-state index contributed by atoms with van der Waals surface area (Å²) in [6.45, 7) is 5.75. The largest absolute Gasteiger partial charge is 0.329 e. The Bertz CT molecular complexity index is 231. The summed E-state index contributed by atoms with van der Waals surface area (Å²) in [7, 11) is 0. The molecule has 0 bridgehead atoms. The van der Waals surface area contributed by atoms with Gasteiger partial charge in [0.05, 0.1) is 0 Å². The Kier molecular flexibility index (Phi) is 3.22. The second-order valence-electron chi connectivity index (χ2n) is 2.98. The van der Waals surface area contributed by atoms with Crippen LogP contribution in [0.15, 0.2) is 6.33 Å². The summed E-state index contributed by atoms with van der Waals surface area (Å²) in [5, 5.41) is 7.93. The maximum Gasteiger partial charge on any atom is 0.135 e. The monoisotopic (exact) mass is 168 g/mol. The van der Waals surface area contributed by atoms with Crippen LogP contribution in [-0.2, 0) is 6.54 Å². The van der Waals surface area contributed by atoms with Crippen molar-refractivity contribution >= 4 is 0 Å². The zero-order chi connectivity index (χ0) is 8.97. The molecular weight excluding hydrogens is 152 g/mol. The van der Waals surface area contributed by atoms with E-state index in [-0.39, 0.29) is 0 Å². The molecule has 2 N–H and O–H groups in total. The average Bonchev–Trinajstić information content (AvgIpc) is 2.52. The van der Waals surface area contributed by atoms with Crippen LogP contribution in [0.4, 0.5) is 0 Å².